The van der Waals surface area contributed by atoms with Gasteiger partial charge in [0, 0.05) is 6.42 Å². The summed E-state index contributed by atoms with van der Waals surface area (Å²) in [4.78, 5) is 26.2. The number of allylic oxidation sites excluding steroid dienone is 2. The molecule has 0 rings (SSSR count). The van der Waals surface area contributed by atoms with Crippen LogP contribution in [0.25, 0.3) is 0 Å². The molecule has 0 aliphatic rings. The number of ether oxygens (including phenoxy) is 1. The molecule has 6 nitrogen and oxygen atoms in total. The standard InChI is InChI=1S/C54H105NO5/c1-4-7-10-13-16-19-22-25-26-29-30-33-36-39-42-45-50(60-54(59)47-44-41-38-35-32-28-24-21-18-15-12-9-6-3)48-53(58)55-51(49-56)52(57)46-43-40-37-34-31-27-23-20-17-14-11-8-5-2/h28,32,50-52,56-57H,4-27,29-31,33-49H2,1-3H3,(H,55,58)/b32-28-. The van der Waals surface area contributed by atoms with E-state index in [2.05, 4.69) is 38.2 Å². The van der Waals surface area contributed by atoms with E-state index in [1.807, 2.05) is 0 Å². The summed E-state index contributed by atoms with van der Waals surface area (Å²) >= 11 is 0. The van der Waals surface area contributed by atoms with Crippen molar-refractivity contribution in [1.82, 2.24) is 5.32 Å². The minimum atomic E-state index is -0.784. The van der Waals surface area contributed by atoms with Crippen LogP contribution in [0.2, 0.25) is 0 Å². The minimum absolute atomic E-state index is 0.0791. The van der Waals surface area contributed by atoms with Gasteiger partial charge in [-0.3, -0.25) is 9.59 Å². The summed E-state index contributed by atoms with van der Waals surface area (Å²) < 4.78 is 5.94. The van der Waals surface area contributed by atoms with Gasteiger partial charge < -0.3 is 20.3 Å². The van der Waals surface area contributed by atoms with Gasteiger partial charge in [0.1, 0.15) is 6.10 Å². The highest BCUT2D eigenvalue weighted by atomic mass is 16.5. The molecule has 0 radical (unpaired) electrons. The van der Waals surface area contributed by atoms with Crippen molar-refractivity contribution in [2.45, 2.75) is 315 Å². The van der Waals surface area contributed by atoms with Gasteiger partial charge in [0.2, 0.25) is 5.91 Å². The number of aliphatic hydroxyl groups is 2. The molecular formula is C54H105NO5. The molecule has 356 valence electrons. The normalized spacial score (nSPS) is 13.2. The van der Waals surface area contributed by atoms with E-state index in [-0.39, 0.29) is 24.9 Å². The first-order valence-electron chi connectivity index (χ1n) is 26.9. The van der Waals surface area contributed by atoms with Gasteiger partial charge in [-0.1, -0.05) is 245 Å². The molecule has 3 unspecified atom stereocenters. The van der Waals surface area contributed by atoms with Crippen molar-refractivity contribution in [1.29, 1.82) is 0 Å². The predicted molar refractivity (Wildman–Crippen MR) is 260 cm³/mol. The molecule has 0 fully saturated rings. The third kappa shape index (κ3) is 43.3. The molecule has 0 aromatic rings. The van der Waals surface area contributed by atoms with Crippen molar-refractivity contribution in [2.24, 2.45) is 0 Å². The Morgan fingerprint density at radius 2 is 0.800 bits per heavy atom. The molecule has 3 atom stereocenters. The predicted octanol–water partition coefficient (Wildman–Crippen LogP) is 16.1. The Hall–Kier alpha value is -1.40. The second-order valence-corrected chi connectivity index (χ2v) is 18.6. The Morgan fingerprint density at radius 3 is 1.18 bits per heavy atom. The van der Waals surface area contributed by atoms with Gasteiger partial charge in [-0.2, -0.15) is 0 Å². The second-order valence-electron chi connectivity index (χ2n) is 18.6. The summed E-state index contributed by atoms with van der Waals surface area (Å²) in [5.41, 5.74) is 0. The first-order valence-corrected chi connectivity index (χ1v) is 26.9. The van der Waals surface area contributed by atoms with Crippen molar-refractivity contribution in [3.63, 3.8) is 0 Å². The Balaban J connectivity index is 4.55. The van der Waals surface area contributed by atoms with Crippen LogP contribution in [0.15, 0.2) is 12.2 Å². The highest BCUT2D eigenvalue weighted by Gasteiger charge is 2.24. The quantitative estimate of drug-likeness (QED) is 0.0322. The lowest BCUT2D eigenvalue weighted by Gasteiger charge is -2.24. The van der Waals surface area contributed by atoms with E-state index in [0.717, 1.165) is 51.4 Å². The third-order valence-electron chi connectivity index (χ3n) is 12.6. The first-order chi connectivity index (χ1) is 29.5. The summed E-state index contributed by atoms with van der Waals surface area (Å²) in [6, 6.07) is -0.697. The van der Waals surface area contributed by atoms with Crippen LogP contribution in [0.1, 0.15) is 297 Å². The average Bonchev–Trinajstić information content (AvgIpc) is 3.24. The van der Waals surface area contributed by atoms with Crippen LogP contribution in [-0.2, 0) is 14.3 Å². The van der Waals surface area contributed by atoms with E-state index in [9.17, 15) is 19.8 Å². The summed E-state index contributed by atoms with van der Waals surface area (Å²) in [7, 11) is 0. The van der Waals surface area contributed by atoms with Crippen LogP contribution in [0, 0.1) is 0 Å². The summed E-state index contributed by atoms with van der Waals surface area (Å²) in [6.45, 7) is 6.50. The van der Waals surface area contributed by atoms with E-state index < -0.39 is 18.2 Å². The molecule has 0 aromatic heterocycles. The van der Waals surface area contributed by atoms with E-state index in [1.165, 1.54) is 199 Å². The number of aliphatic hydroxyl groups excluding tert-OH is 2. The molecule has 0 bridgehead atoms. The lowest BCUT2D eigenvalue weighted by molar-refractivity contribution is -0.151. The van der Waals surface area contributed by atoms with Crippen molar-refractivity contribution in [3.05, 3.63) is 12.2 Å². The summed E-state index contributed by atoms with van der Waals surface area (Å²) in [5.74, 6) is -0.474. The molecule has 60 heavy (non-hydrogen) atoms. The molecule has 0 saturated carbocycles. The second kappa shape index (κ2) is 48.6. The zero-order valence-corrected chi connectivity index (χ0v) is 40.6. The molecule has 0 heterocycles. The largest absolute Gasteiger partial charge is 0.462 e. The lowest BCUT2D eigenvalue weighted by Crippen LogP contribution is -2.46. The molecule has 0 aliphatic heterocycles. The van der Waals surface area contributed by atoms with Gasteiger partial charge in [-0.05, 0) is 51.4 Å². The van der Waals surface area contributed by atoms with Gasteiger partial charge in [0.15, 0.2) is 0 Å². The third-order valence-corrected chi connectivity index (χ3v) is 12.6. The molecule has 0 saturated heterocycles. The maximum Gasteiger partial charge on any atom is 0.306 e. The Morgan fingerprint density at radius 1 is 0.467 bits per heavy atom. The van der Waals surface area contributed by atoms with Crippen LogP contribution in [-0.4, -0.2) is 46.9 Å². The maximum absolute atomic E-state index is 13.2. The zero-order valence-electron chi connectivity index (χ0n) is 40.6. The number of unbranched alkanes of at least 4 members (excludes halogenated alkanes) is 35. The molecule has 0 aromatic carbocycles. The number of hydrogen-bond acceptors (Lipinski definition) is 5. The molecule has 1 amide bonds. The van der Waals surface area contributed by atoms with Crippen LogP contribution in [0.5, 0.6) is 0 Å². The van der Waals surface area contributed by atoms with Gasteiger partial charge >= 0.3 is 5.97 Å². The number of carbonyl (C=O) groups excluding carboxylic acids is 2. The van der Waals surface area contributed by atoms with Gasteiger partial charge in [0.05, 0.1) is 25.2 Å². The highest BCUT2D eigenvalue weighted by Crippen LogP contribution is 2.18. The Labute approximate surface area is 374 Å². The smallest absolute Gasteiger partial charge is 0.306 e. The number of hydrogen-bond donors (Lipinski definition) is 3. The maximum atomic E-state index is 13.2. The summed E-state index contributed by atoms with van der Waals surface area (Å²) in [5, 5.41) is 23.8. The molecule has 0 spiro atoms. The Kier molecular flexibility index (Phi) is 47.5. The molecule has 0 aliphatic carbocycles. The van der Waals surface area contributed by atoms with E-state index >= 15 is 0 Å². The van der Waals surface area contributed by atoms with Gasteiger partial charge in [0.25, 0.3) is 0 Å². The zero-order chi connectivity index (χ0) is 43.8. The van der Waals surface area contributed by atoms with E-state index in [4.69, 9.17) is 4.74 Å². The Bertz CT molecular complexity index is 909. The van der Waals surface area contributed by atoms with Crippen molar-refractivity contribution >= 4 is 11.9 Å². The SMILES string of the molecule is CCCCCCCC/C=C\CCCCCC(=O)OC(CCCCCCCCCCCCCCCCC)CC(=O)NC(CO)C(O)CCCCCCCCCCCCCCC. The number of esters is 1. The van der Waals surface area contributed by atoms with E-state index in [0.29, 0.717) is 19.3 Å². The molecular weight excluding hydrogens is 743 g/mol. The fraction of sp³-hybridized carbons (Fsp3) is 0.926. The van der Waals surface area contributed by atoms with Crippen molar-refractivity contribution in [2.75, 3.05) is 6.61 Å². The van der Waals surface area contributed by atoms with Crippen LogP contribution in [0.4, 0.5) is 0 Å². The number of rotatable bonds is 49. The number of carbonyl (C=O) groups is 2. The van der Waals surface area contributed by atoms with E-state index in [1.54, 1.807) is 0 Å². The van der Waals surface area contributed by atoms with Crippen LogP contribution in [0.3, 0.4) is 0 Å². The fourth-order valence-electron chi connectivity index (χ4n) is 8.49. The molecule has 3 N–H and O–H groups in total. The van der Waals surface area contributed by atoms with Crippen LogP contribution >= 0.6 is 0 Å². The molecule has 6 heteroatoms. The van der Waals surface area contributed by atoms with Gasteiger partial charge in [-0.25, -0.2) is 0 Å². The first kappa shape index (κ1) is 58.6. The lowest BCUT2D eigenvalue weighted by atomic mass is 10.0. The average molecular weight is 848 g/mol. The van der Waals surface area contributed by atoms with Crippen molar-refractivity contribution < 1.29 is 24.5 Å². The minimum Gasteiger partial charge on any atom is -0.462 e. The number of amides is 1. The number of nitrogens with one attached hydrogen (secondary N) is 1. The summed E-state index contributed by atoms with van der Waals surface area (Å²) in [6.07, 6.45) is 54.1. The van der Waals surface area contributed by atoms with Crippen LogP contribution < -0.4 is 5.32 Å². The highest BCUT2D eigenvalue weighted by molar-refractivity contribution is 5.77. The monoisotopic (exact) mass is 848 g/mol. The van der Waals surface area contributed by atoms with Crippen molar-refractivity contribution in [3.8, 4) is 0 Å². The fourth-order valence-corrected chi connectivity index (χ4v) is 8.49. The topological polar surface area (TPSA) is 95.9 Å². The van der Waals surface area contributed by atoms with Gasteiger partial charge in [-0.15, -0.1) is 0 Å².